The Kier molecular flexibility index (Phi) is 2.39. The van der Waals surface area contributed by atoms with Gasteiger partial charge in [-0.05, 0) is 19.3 Å². The van der Waals surface area contributed by atoms with Crippen LogP contribution in [0, 0.1) is 6.42 Å². The molecule has 0 aromatic heterocycles. The number of rotatable bonds is 1. The van der Waals surface area contributed by atoms with Gasteiger partial charge in [-0.15, -0.1) is 0 Å². The molecule has 0 aromatic rings. The number of halogens is 2. The Balaban J connectivity index is 2.23. The predicted octanol–water partition coefficient (Wildman–Crippen LogP) is 1.63. The first kappa shape index (κ1) is 6.93. The molecule has 1 fully saturated rings. The van der Waals surface area contributed by atoms with Crippen LogP contribution in [-0.4, -0.2) is 19.1 Å². The quantitative estimate of drug-likeness (QED) is 0.531. The van der Waals surface area contributed by atoms with Crippen LogP contribution in [-0.2, 0) is 4.74 Å². The van der Waals surface area contributed by atoms with E-state index in [1.807, 2.05) is 0 Å². The summed E-state index contributed by atoms with van der Waals surface area (Å²) in [6, 6.07) is 0. The zero-order chi connectivity index (χ0) is 6.69. The van der Waals surface area contributed by atoms with E-state index < -0.39 is 12.5 Å². The topological polar surface area (TPSA) is 9.23 Å². The maximum atomic E-state index is 11.8. The lowest BCUT2D eigenvalue weighted by Gasteiger charge is -2.20. The summed E-state index contributed by atoms with van der Waals surface area (Å²) in [5, 5.41) is 0. The van der Waals surface area contributed by atoms with E-state index in [0.29, 0.717) is 6.61 Å². The highest BCUT2D eigenvalue weighted by molar-refractivity contribution is 4.82. The van der Waals surface area contributed by atoms with Gasteiger partial charge in [-0.1, -0.05) is 0 Å². The zero-order valence-electron chi connectivity index (χ0n) is 5.02. The Bertz CT molecular complexity index is 79.1. The molecule has 53 valence electrons. The summed E-state index contributed by atoms with van der Waals surface area (Å²) in [7, 11) is 0. The molecule has 1 heterocycles. The van der Waals surface area contributed by atoms with Crippen molar-refractivity contribution in [2.45, 2.75) is 25.4 Å². The van der Waals surface area contributed by atoms with Crippen LogP contribution in [0.25, 0.3) is 0 Å². The summed E-state index contributed by atoms with van der Waals surface area (Å²) in [6.07, 6.45) is -0.0732. The van der Waals surface area contributed by atoms with Gasteiger partial charge in [0.1, 0.15) is 6.10 Å². The van der Waals surface area contributed by atoms with Crippen molar-refractivity contribution < 1.29 is 13.5 Å². The number of hydrogen-bond donors (Lipinski definition) is 0. The minimum Gasteiger partial charge on any atom is -0.372 e. The van der Waals surface area contributed by atoms with Crippen LogP contribution in [0.5, 0.6) is 0 Å². The average molecular weight is 135 g/mol. The fraction of sp³-hybridized carbons (Fsp3) is 0.833. The molecule has 1 saturated heterocycles. The van der Waals surface area contributed by atoms with Crippen LogP contribution >= 0.6 is 0 Å². The molecule has 1 atom stereocenters. The second-order valence-corrected chi connectivity index (χ2v) is 2.05. The highest BCUT2D eigenvalue weighted by Crippen LogP contribution is 2.17. The van der Waals surface area contributed by atoms with Crippen molar-refractivity contribution in [2.75, 3.05) is 6.61 Å². The van der Waals surface area contributed by atoms with Crippen molar-refractivity contribution in [3.8, 4) is 0 Å². The third-order valence-corrected chi connectivity index (χ3v) is 1.31. The zero-order valence-corrected chi connectivity index (χ0v) is 5.02. The van der Waals surface area contributed by atoms with E-state index in [2.05, 4.69) is 0 Å². The Hall–Kier alpha value is -0.180. The van der Waals surface area contributed by atoms with Crippen molar-refractivity contribution >= 4 is 0 Å². The Morgan fingerprint density at radius 2 is 2.33 bits per heavy atom. The minimum absolute atomic E-state index is 0.478. The number of ether oxygens (including phenoxy) is 1. The molecule has 0 amide bonds. The molecule has 0 aromatic carbocycles. The van der Waals surface area contributed by atoms with Crippen molar-refractivity contribution in [1.82, 2.24) is 0 Å². The summed E-state index contributed by atoms with van der Waals surface area (Å²) in [5.41, 5.74) is 0. The van der Waals surface area contributed by atoms with E-state index in [9.17, 15) is 8.78 Å². The fourth-order valence-electron chi connectivity index (χ4n) is 0.829. The summed E-state index contributed by atoms with van der Waals surface area (Å²) in [4.78, 5) is 0. The molecule has 3 heteroatoms. The first-order chi connectivity index (χ1) is 4.30. The Labute approximate surface area is 53.0 Å². The monoisotopic (exact) mass is 135 g/mol. The molecule has 1 aliphatic rings. The second-order valence-electron chi connectivity index (χ2n) is 2.05. The molecule has 1 aliphatic heterocycles. The number of hydrogen-bond acceptors (Lipinski definition) is 1. The fourth-order valence-corrected chi connectivity index (χ4v) is 0.829. The third-order valence-electron chi connectivity index (χ3n) is 1.31. The van der Waals surface area contributed by atoms with Crippen LogP contribution in [0.15, 0.2) is 0 Å². The molecule has 0 saturated carbocycles. The average Bonchev–Trinajstić information content (AvgIpc) is 1.90. The molecule has 0 spiro atoms. The van der Waals surface area contributed by atoms with Gasteiger partial charge in [-0.25, -0.2) is 8.78 Å². The molecule has 0 bridgehead atoms. The highest BCUT2D eigenvalue weighted by Gasteiger charge is 2.23. The lowest BCUT2D eigenvalue weighted by atomic mass is 10.1. The highest BCUT2D eigenvalue weighted by atomic mass is 19.3. The lowest BCUT2D eigenvalue weighted by Crippen LogP contribution is -2.26. The molecule has 1 rings (SSSR count). The largest absolute Gasteiger partial charge is 0.372 e. The van der Waals surface area contributed by atoms with Gasteiger partial charge in [-0.3, -0.25) is 0 Å². The first-order valence-corrected chi connectivity index (χ1v) is 3.04. The predicted molar refractivity (Wildman–Crippen MR) is 29.3 cm³/mol. The van der Waals surface area contributed by atoms with E-state index in [-0.39, 0.29) is 0 Å². The molecule has 9 heavy (non-hydrogen) atoms. The summed E-state index contributed by atoms with van der Waals surface area (Å²) in [5.74, 6) is 0. The van der Waals surface area contributed by atoms with Crippen LogP contribution in [0.1, 0.15) is 12.8 Å². The molecular weight excluding hydrogens is 126 g/mol. The van der Waals surface area contributed by atoms with Crippen LogP contribution in [0.4, 0.5) is 8.78 Å². The SMILES string of the molecule is FC(F)[C@H]1[CH]CCCO1. The standard InChI is InChI=1S/C6H9F2O/c7-6(8)5-3-1-2-4-9-5/h3,5-6H,1-2,4H2/t5-/m1/s1. The molecule has 0 unspecified atom stereocenters. The van der Waals surface area contributed by atoms with Gasteiger partial charge in [0.05, 0.1) is 0 Å². The van der Waals surface area contributed by atoms with E-state index in [1.165, 1.54) is 6.42 Å². The van der Waals surface area contributed by atoms with Gasteiger partial charge in [0.2, 0.25) is 0 Å². The van der Waals surface area contributed by atoms with Crippen molar-refractivity contribution in [1.29, 1.82) is 0 Å². The van der Waals surface area contributed by atoms with Crippen LogP contribution < -0.4 is 0 Å². The van der Waals surface area contributed by atoms with Gasteiger partial charge in [0.25, 0.3) is 6.43 Å². The summed E-state index contributed by atoms with van der Waals surface area (Å²) < 4.78 is 28.3. The second kappa shape index (κ2) is 3.11. The van der Waals surface area contributed by atoms with E-state index >= 15 is 0 Å². The van der Waals surface area contributed by atoms with Gasteiger partial charge >= 0.3 is 0 Å². The van der Waals surface area contributed by atoms with Crippen LogP contribution in [0.3, 0.4) is 0 Å². The van der Waals surface area contributed by atoms with E-state index in [0.717, 1.165) is 12.8 Å². The van der Waals surface area contributed by atoms with Gasteiger partial charge in [0.15, 0.2) is 0 Å². The molecule has 1 nitrogen and oxygen atoms in total. The van der Waals surface area contributed by atoms with Crippen molar-refractivity contribution in [2.24, 2.45) is 0 Å². The minimum atomic E-state index is -2.34. The molecular formula is C6H9F2O. The normalized spacial score (nSPS) is 29.0. The maximum absolute atomic E-state index is 11.8. The Morgan fingerprint density at radius 1 is 1.56 bits per heavy atom. The summed E-state index contributed by atoms with van der Waals surface area (Å²) >= 11 is 0. The third kappa shape index (κ3) is 1.90. The molecule has 1 radical (unpaired) electrons. The van der Waals surface area contributed by atoms with Gasteiger partial charge in [0, 0.05) is 6.61 Å². The summed E-state index contributed by atoms with van der Waals surface area (Å²) in [6.45, 7) is 0.478. The molecule has 0 N–H and O–H groups in total. The first-order valence-electron chi connectivity index (χ1n) is 3.04. The van der Waals surface area contributed by atoms with Crippen molar-refractivity contribution in [3.63, 3.8) is 0 Å². The van der Waals surface area contributed by atoms with Gasteiger partial charge in [-0.2, -0.15) is 0 Å². The van der Waals surface area contributed by atoms with E-state index in [1.54, 1.807) is 0 Å². The van der Waals surface area contributed by atoms with Crippen LogP contribution in [0.2, 0.25) is 0 Å². The smallest absolute Gasteiger partial charge is 0.264 e. The lowest BCUT2D eigenvalue weighted by molar-refractivity contribution is -0.0522. The van der Waals surface area contributed by atoms with Gasteiger partial charge < -0.3 is 4.74 Å². The molecule has 0 aliphatic carbocycles. The van der Waals surface area contributed by atoms with Crippen molar-refractivity contribution in [3.05, 3.63) is 6.42 Å². The Morgan fingerprint density at radius 3 is 2.67 bits per heavy atom. The maximum Gasteiger partial charge on any atom is 0.264 e. The van der Waals surface area contributed by atoms with E-state index in [4.69, 9.17) is 4.74 Å². The number of alkyl halides is 2.